The number of rotatable bonds is 2. The van der Waals surface area contributed by atoms with Crippen molar-refractivity contribution < 1.29 is 9.90 Å². The maximum absolute atomic E-state index is 12.2. The Labute approximate surface area is 131 Å². The Hall–Kier alpha value is -2.05. The van der Waals surface area contributed by atoms with E-state index in [0.717, 1.165) is 4.47 Å². The summed E-state index contributed by atoms with van der Waals surface area (Å²) < 4.78 is 2.15. The topological polar surface area (TPSA) is 75.1 Å². The van der Waals surface area contributed by atoms with Crippen molar-refractivity contribution in [1.82, 2.24) is 9.55 Å². The van der Waals surface area contributed by atoms with Gasteiger partial charge in [0.05, 0.1) is 27.3 Å². The Morgan fingerprint density at radius 3 is 2.71 bits per heavy atom. The third-order valence-electron chi connectivity index (χ3n) is 3.10. The van der Waals surface area contributed by atoms with Crippen molar-refractivity contribution >= 4 is 44.5 Å². The molecule has 0 radical (unpaired) electrons. The lowest BCUT2D eigenvalue weighted by Gasteiger charge is -2.06. The number of carboxylic acid groups (broad SMARTS) is 1. The summed E-state index contributed by atoms with van der Waals surface area (Å²) in [5, 5.41) is 9.56. The highest BCUT2D eigenvalue weighted by atomic mass is 79.9. The number of fused-ring (bicyclic) bond motifs is 1. The Morgan fingerprint density at radius 1 is 1.29 bits per heavy atom. The molecule has 5 nitrogen and oxygen atoms in total. The predicted molar refractivity (Wildman–Crippen MR) is 83.6 cm³/mol. The van der Waals surface area contributed by atoms with Crippen LogP contribution in [0.25, 0.3) is 16.7 Å². The van der Waals surface area contributed by atoms with Gasteiger partial charge in [0.2, 0.25) is 0 Å². The van der Waals surface area contributed by atoms with Crippen LogP contribution >= 0.6 is 27.5 Å². The van der Waals surface area contributed by atoms with Gasteiger partial charge in [-0.2, -0.15) is 0 Å². The molecule has 0 aliphatic heterocycles. The van der Waals surface area contributed by atoms with Gasteiger partial charge in [0.1, 0.15) is 0 Å². The Kier molecular flexibility index (Phi) is 3.35. The van der Waals surface area contributed by atoms with Gasteiger partial charge in [0, 0.05) is 4.47 Å². The molecule has 0 aliphatic rings. The lowest BCUT2D eigenvalue weighted by atomic mass is 10.2. The molecule has 2 N–H and O–H groups in total. The van der Waals surface area contributed by atoms with Gasteiger partial charge < -0.3 is 10.1 Å². The summed E-state index contributed by atoms with van der Waals surface area (Å²) >= 11 is 9.48. The van der Waals surface area contributed by atoms with Gasteiger partial charge in [0.25, 0.3) is 0 Å². The van der Waals surface area contributed by atoms with Crippen LogP contribution in [-0.4, -0.2) is 20.6 Å². The normalized spacial score (nSPS) is 11.0. The largest absolute Gasteiger partial charge is 0.478 e. The summed E-state index contributed by atoms with van der Waals surface area (Å²) in [7, 11) is 0. The quantitative estimate of drug-likeness (QED) is 0.728. The third-order valence-corrected chi connectivity index (χ3v) is 3.90. The van der Waals surface area contributed by atoms with E-state index in [1.807, 2.05) is 0 Å². The fourth-order valence-corrected chi connectivity index (χ4v) is 2.97. The van der Waals surface area contributed by atoms with Crippen molar-refractivity contribution in [2.24, 2.45) is 0 Å². The van der Waals surface area contributed by atoms with Crippen LogP contribution in [0.5, 0.6) is 0 Å². The molecule has 0 spiro atoms. The van der Waals surface area contributed by atoms with Gasteiger partial charge in [-0.05, 0) is 30.3 Å². The molecule has 0 unspecified atom stereocenters. The summed E-state index contributed by atoms with van der Waals surface area (Å²) in [6.07, 6.45) is 0. The zero-order valence-electron chi connectivity index (χ0n) is 10.4. The molecule has 7 heteroatoms. The highest BCUT2D eigenvalue weighted by molar-refractivity contribution is 9.10. The van der Waals surface area contributed by atoms with Crippen molar-refractivity contribution in [3.05, 3.63) is 61.9 Å². The summed E-state index contributed by atoms with van der Waals surface area (Å²) in [5.74, 6) is -1.10. The average Bonchev–Trinajstić information content (AvgIpc) is 2.74. The molecule has 3 rings (SSSR count). The number of nitrogens with one attached hydrogen (secondary N) is 1. The molecule has 0 atom stereocenters. The van der Waals surface area contributed by atoms with E-state index >= 15 is 0 Å². The minimum Gasteiger partial charge on any atom is -0.478 e. The number of carboxylic acids is 1. The number of carbonyl (C=O) groups is 1. The molecule has 2 aromatic carbocycles. The number of aromatic amines is 1. The molecule has 21 heavy (non-hydrogen) atoms. The van der Waals surface area contributed by atoms with E-state index in [-0.39, 0.29) is 11.1 Å². The molecular formula is C14H8BrClN2O3. The maximum atomic E-state index is 12.2. The van der Waals surface area contributed by atoms with Crippen molar-refractivity contribution in [1.29, 1.82) is 0 Å². The molecule has 0 amide bonds. The SMILES string of the molecule is O=C(O)c1cccc2c1[nH]c(=O)n2-c1ccc(Br)cc1Cl. The summed E-state index contributed by atoms with van der Waals surface area (Å²) in [6.45, 7) is 0. The second kappa shape index (κ2) is 5.05. The van der Waals surface area contributed by atoms with Crippen molar-refractivity contribution in [3.63, 3.8) is 0 Å². The number of hydrogen-bond donors (Lipinski definition) is 2. The van der Waals surface area contributed by atoms with Gasteiger partial charge in [-0.15, -0.1) is 0 Å². The maximum Gasteiger partial charge on any atom is 0.337 e. The molecule has 0 saturated heterocycles. The van der Waals surface area contributed by atoms with E-state index in [1.165, 1.54) is 10.6 Å². The Bertz CT molecular complexity index is 930. The van der Waals surface area contributed by atoms with Crippen LogP contribution in [0, 0.1) is 0 Å². The lowest BCUT2D eigenvalue weighted by molar-refractivity contribution is 0.0699. The predicted octanol–water partition coefficient (Wildman–Crippen LogP) is 3.43. The standard InChI is InChI=1S/C14H8BrClN2O3/c15-7-4-5-10(9(16)6-7)18-11-3-1-2-8(13(19)20)12(11)17-14(18)21/h1-6H,(H,17,21)(H,19,20). The van der Waals surface area contributed by atoms with Crippen LogP contribution in [0.15, 0.2) is 45.7 Å². The smallest absolute Gasteiger partial charge is 0.337 e. The van der Waals surface area contributed by atoms with Gasteiger partial charge in [-0.1, -0.05) is 33.6 Å². The Balaban J connectivity index is 2.39. The fourth-order valence-electron chi connectivity index (χ4n) is 2.21. The summed E-state index contributed by atoms with van der Waals surface area (Å²) in [5.41, 5.74) is 0.816. The molecule has 0 aliphatic carbocycles. The first kappa shape index (κ1) is 13.9. The van der Waals surface area contributed by atoms with Crippen molar-refractivity contribution in [3.8, 4) is 5.69 Å². The van der Waals surface area contributed by atoms with Crippen LogP contribution in [0.2, 0.25) is 5.02 Å². The van der Waals surface area contributed by atoms with Crippen molar-refractivity contribution in [2.75, 3.05) is 0 Å². The zero-order chi connectivity index (χ0) is 15.1. The van der Waals surface area contributed by atoms with E-state index in [9.17, 15) is 14.7 Å². The van der Waals surface area contributed by atoms with Gasteiger partial charge in [0.15, 0.2) is 0 Å². The Morgan fingerprint density at radius 2 is 2.05 bits per heavy atom. The number of H-pyrrole nitrogens is 1. The lowest BCUT2D eigenvalue weighted by Crippen LogP contribution is -2.14. The van der Waals surface area contributed by atoms with Crippen LogP contribution < -0.4 is 5.69 Å². The molecule has 1 aromatic heterocycles. The highest BCUT2D eigenvalue weighted by Gasteiger charge is 2.16. The number of aromatic carboxylic acids is 1. The van der Waals surface area contributed by atoms with E-state index < -0.39 is 11.7 Å². The second-order valence-electron chi connectivity index (χ2n) is 4.37. The first-order valence-electron chi connectivity index (χ1n) is 5.91. The number of hydrogen-bond acceptors (Lipinski definition) is 2. The number of para-hydroxylation sites is 1. The number of aromatic nitrogens is 2. The minimum atomic E-state index is -1.10. The van der Waals surface area contributed by atoms with E-state index in [1.54, 1.807) is 30.3 Å². The van der Waals surface area contributed by atoms with Crippen molar-refractivity contribution in [2.45, 2.75) is 0 Å². The third kappa shape index (κ3) is 2.26. The van der Waals surface area contributed by atoms with Gasteiger partial charge in [-0.3, -0.25) is 4.57 Å². The van der Waals surface area contributed by atoms with Gasteiger partial charge in [-0.25, -0.2) is 9.59 Å². The average molecular weight is 368 g/mol. The van der Waals surface area contributed by atoms with E-state index in [2.05, 4.69) is 20.9 Å². The fraction of sp³-hybridized carbons (Fsp3) is 0. The zero-order valence-corrected chi connectivity index (χ0v) is 12.8. The molecule has 106 valence electrons. The van der Waals surface area contributed by atoms with Crippen LogP contribution in [0.3, 0.4) is 0 Å². The van der Waals surface area contributed by atoms with E-state index in [4.69, 9.17) is 11.6 Å². The second-order valence-corrected chi connectivity index (χ2v) is 5.69. The first-order valence-corrected chi connectivity index (χ1v) is 7.08. The molecular weight excluding hydrogens is 360 g/mol. The molecule has 3 aromatic rings. The molecule has 0 bridgehead atoms. The van der Waals surface area contributed by atoms with Crippen LogP contribution in [0.4, 0.5) is 0 Å². The molecule has 0 fully saturated rings. The monoisotopic (exact) mass is 366 g/mol. The van der Waals surface area contributed by atoms with E-state index in [0.29, 0.717) is 16.2 Å². The number of nitrogens with zero attached hydrogens (tertiary/aromatic N) is 1. The number of benzene rings is 2. The highest BCUT2D eigenvalue weighted by Crippen LogP contribution is 2.27. The van der Waals surface area contributed by atoms with Gasteiger partial charge >= 0.3 is 11.7 Å². The molecule has 0 saturated carbocycles. The molecule has 1 heterocycles. The minimum absolute atomic E-state index is 0.0385. The van der Waals surface area contributed by atoms with Crippen LogP contribution in [-0.2, 0) is 0 Å². The van der Waals surface area contributed by atoms with Crippen LogP contribution in [0.1, 0.15) is 10.4 Å². The number of imidazole rings is 1. The number of halogens is 2. The first-order chi connectivity index (χ1) is 9.99. The summed E-state index contributed by atoms with van der Waals surface area (Å²) in [6, 6.07) is 9.81. The summed E-state index contributed by atoms with van der Waals surface area (Å²) in [4.78, 5) is 26.0.